The minimum Gasteiger partial charge on any atom is -0.366 e. The molecule has 0 unspecified atom stereocenters. The first-order valence-corrected chi connectivity index (χ1v) is 6.56. The van der Waals surface area contributed by atoms with E-state index in [4.69, 9.17) is 5.73 Å². The number of imidazole rings is 1. The Hall–Kier alpha value is -3.22. The van der Waals surface area contributed by atoms with Crippen molar-refractivity contribution in [2.45, 2.75) is 0 Å². The van der Waals surface area contributed by atoms with Gasteiger partial charge in [-0.25, -0.2) is 9.37 Å². The SMILES string of the molecule is NC(=O)c1ccc2[nH]nc(-c3nc4c(F)cccc4[nH]3)c2c1. The number of carbonyl (C=O) groups excluding carboxylic acids is 1. The molecule has 7 heteroatoms. The molecule has 2 aromatic heterocycles. The molecule has 0 aliphatic heterocycles. The van der Waals surface area contributed by atoms with E-state index in [1.54, 1.807) is 30.3 Å². The van der Waals surface area contributed by atoms with Crippen molar-refractivity contribution < 1.29 is 9.18 Å². The Kier molecular flexibility index (Phi) is 2.50. The van der Waals surface area contributed by atoms with Crippen LogP contribution in [0.3, 0.4) is 0 Å². The molecule has 22 heavy (non-hydrogen) atoms. The molecule has 0 aliphatic carbocycles. The lowest BCUT2D eigenvalue weighted by Gasteiger charge is -1.96. The number of primary amides is 1. The maximum Gasteiger partial charge on any atom is 0.248 e. The molecule has 0 saturated carbocycles. The summed E-state index contributed by atoms with van der Waals surface area (Å²) < 4.78 is 13.8. The number of nitrogens with zero attached hydrogens (tertiary/aromatic N) is 2. The van der Waals surface area contributed by atoms with Gasteiger partial charge in [0.15, 0.2) is 11.6 Å². The number of nitrogens with one attached hydrogen (secondary N) is 2. The van der Waals surface area contributed by atoms with E-state index in [2.05, 4.69) is 20.2 Å². The number of aromatic amines is 2. The minimum atomic E-state index is -0.523. The highest BCUT2D eigenvalue weighted by molar-refractivity contribution is 6.00. The van der Waals surface area contributed by atoms with Crippen LogP contribution in [-0.2, 0) is 0 Å². The number of hydrogen-bond acceptors (Lipinski definition) is 3. The van der Waals surface area contributed by atoms with Crippen LogP contribution in [0.5, 0.6) is 0 Å². The summed E-state index contributed by atoms with van der Waals surface area (Å²) in [7, 11) is 0. The molecule has 0 spiro atoms. The fourth-order valence-electron chi connectivity index (χ4n) is 2.46. The van der Waals surface area contributed by atoms with Crippen LogP contribution >= 0.6 is 0 Å². The number of aromatic nitrogens is 4. The lowest BCUT2D eigenvalue weighted by atomic mass is 10.1. The Morgan fingerprint density at radius 1 is 1.18 bits per heavy atom. The molecular formula is C15H10FN5O. The first-order valence-electron chi connectivity index (χ1n) is 6.56. The maximum atomic E-state index is 13.8. The second kappa shape index (κ2) is 4.39. The Morgan fingerprint density at radius 2 is 2.05 bits per heavy atom. The van der Waals surface area contributed by atoms with E-state index in [0.717, 1.165) is 5.52 Å². The van der Waals surface area contributed by atoms with Crippen molar-refractivity contribution in [1.29, 1.82) is 0 Å². The molecule has 0 saturated heterocycles. The van der Waals surface area contributed by atoms with Crippen molar-refractivity contribution >= 4 is 27.8 Å². The van der Waals surface area contributed by atoms with Crippen LogP contribution in [0.25, 0.3) is 33.5 Å². The standard InChI is InChI=1S/C15H10FN5O/c16-9-2-1-3-11-13(9)19-15(18-11)12-8-6-7(14(17)22)4-5-10(8)20-21-12/h1-6H,(H2,17,22)(H,18,19)(H,20,21). The fraction of sp³-hybridized carbons (Fsp3) is 0. The first-order chi connectivity index (χ1) is 10.6. The lowest BCUT2D eigenvalue weighted by Crippen LogP contribution is -2.10. The molecule has 6 nitrogen and oxygen atoms in total. The molecule has 0 fully saturated rings. The van der Waals surface area contributed by atoms with Crippen LogP contribution in [0.2, 0.25) is 0 Å². The van der Waals surface area contributed by atoms with E-state index in [-0.39, 0.29) is 5.52 Å². The summed E-state index contributed by atoms with van der Waals surface area (Å²) in [6.45, 7) is 0. The highest BCUT2D eigenvalue weighted by Crippen LogP contribution is 2.27. The zero-order valence-electron chi connectivity index (χ0n) is 11.2. The van der Waals surface area contributed by atoms with Gasteiger partial charge in [-0.3, -0.25) is 9.89 Å². The van der Waals surface area contributed by atoms with Crippen molar-refractivity contribution in [2.75, 3.05) is 0 Å². The molecule has 4 rings (SSSR count). The van der Waals surface area contributed by atoms with E-state index >= 15 is 0 Å². The second-order valence-corrected chi connectivity index (χ2v) is 4.92. The van der Waals surface area contributed by atoms with E-state index in [9.17, 15) is 9.18 Å². The number of carbonyl (C=O) groups is 1. The Balaban J connectivity index is 1.97. The monoisotopic (exact) mass is 295 g/mol. The van der Waals surface area contributed by atoms with Crippen LogP contribution in [-0.4, -0.2) is 26.1 Å². The zero-order chi connectivity index (χ0) is 15.3. The molecular weight excluding hydrogens is 285 g/mol. The molecule has 0 radical (unpaired) electrons. The second-order valence-electron chi connectivity index (χ2n) is 4.92. The van der Waals surface area contributed by atoms with Crippen molar-refractivity contribution in [1.82, 2.24) is 20.2 Å². The molecule has 0 bridgehead atoms. The summed E-state index contributed by atoms with van der Waals surface area (Å²) in [5.41, 5.74) is 7.75. The Morgan fingerprint density at radius 3 is 2.82 bits per heavy atom. The van der Waals surface area contributed by atoms with Crippen LogP contribution in [0.1, 0.15) is 10.4 Å². The van der Waals surface area contributed by atoms with Gasteiger partial charge in [-0.15, -0.1) is 0 Å². The maximum absolute atomic E-state index is 13.8. The summed E-state index contributed by atoms with van der Waals surface area (Å²) in [6, 6.07) is 9.66. The van der Waals surface area contributed by atoms with Gasteiger partial charge >= 0.3 is 0 Å². The van der Waals surface area contributed by atoms with Crippen molar-refractivity contribution in [3.63, 3.8) is 0 Å². The summed E-state index contributed by atoms with van der Waals surface area (Å²) in [5.74, 6) is -0.504. The van der Waals surface area contributed by atoms with Crippen molar-refractivity contribution in [3.05, 3.63) is 47.8 Å². The Labute approximate surface area is 123 Å². The van der Waals surface area contributed by atoms with Crippen LogP contribution in [0.15, 0.2) is 36.4 Å². The fourth-order valence-corrected chi connectivity index (χ4v) is 2.46. The third-order valence-corrected chi connectivity index (χ3v) is 3.54. The number of fused-ring (bicyclic) bond motifs is 2. The summed E-state index contributed by atoms with van der Waals surface area (Å²) in [4.78, 5) is 18.6. The highest BCUT2D eigenvalue weighted by atomic mass is 19.1. The number of H-pyrrole nitrogens is 2. The largest absolute Gasteiger partial charge is 0.366 e. The lowest BCUT2D eigenvalue weighted by molar-refractivity contribution is 0.100. The van der Waals surface area contributed by atoms with Crippen molar-refractivity contribution in [2.24, 2.45) is 5.73 Å². The number of nitrogens with two attached hydrogens (primary N) is 1. The number of benzene rings is 2. The normalized spacial score (nSPS) is 11.3. The number of rotatable bonds is 2. The predicted octanol–water partition coefficient (Wildman–Crippen LogP) is 2.34. The quantitative estimate of drug-likeness (QED) is 0.529. The van der Waals surface area contributed by atoms with Crippen LogP contribution in [0, 0.1) is 5.82 Å². The van der Waals surface area contributed by atoms with E-state index in [1.165, 1.54) is 6.07 Å². The molecule has 2 aromatic carbocycles. The van der Waals surface area contributed by atoms with E-state index in [1.807, 2.05) is 0 Å². The minimum absolute atomic E-state index is 0.250. The molecule has 108 valence electrons. The van der Waals surface area contributed by atoms with Crippen LogP contribution in [0.4, 0.5) is 4.39 Å². The molecule has 0 aliphatic rings. The van der Waals surface area contributed by atoms with Gasteiger partial charge in [0.2, 0.25) is 5.91 Å². The number of hydrogen-bond donors (Lipinski definition) is 3. The first kappa shape index (κ1) is 12.5. The zero-order valence-corrected chi connectivity index (χ0v) is 11.2. The van der Waals surface area contributed by atoms with Gasteiger partial charge in [0.05, 0.1) is 11.0 Å². The molecule has 1 amide bonds. The Bertz CT molecular complexity index is 1030. The summed E-state index contributed by atoms with van der Waals surface area (Å²) >= 11 is 0. The van der Waals surface area contributed by atoms with Gasteiger partial charge in [0.1, 0.15) is 11.2 Å². The smallest absolute Gasteiger partial charge is 0.248 e. The molecule has 0 atom stereocenters. The number of para-hydroxylation sites is 1. The van der Waals surface area contributed by atoms with Gasteiger partial charge in [0.25, 0.3) is 0 Å². The van der Waals surface area contributed by atoms with Gasteiger partial charge in [-0.1, -0.05) is 6.07 Å². The third-order valence-electron chi connectivity index (χ3n) is 3.54. The van der Waals surface area contributed by atoms with Gasteiger partial charge < -0.3 is 10.7 Å². The molecule has 4 N–H and O–H groups in total. The van der Waals surface area contributed by atoms with Gasteiger partial charge in [-0.05, 0) is 30.3 Å². The predicted molar refractivity (Wildman–Crippen MR) is 79.7 cm³/mol. The van der Waals surface area contributed by atoms with Crippen LogP contribution < -0.4 is 5.73 Å². The average Bonchev–Trinajstić information content (AvgIpc) is 3.10. The average molecular weight is 295 g/mol. The summed E-state index contributed by atoms with van der Waals surface area (Å²) in [6.07, 6.45) is 0. The number of halogens is 1. The van der Waals surface area contributed by atoms with E-state index < -0.39 is 11.7 Å². The van der Waals surface area contributed by atoms with Gasteiger partial charge in [-0.2, -0.15) is 5.10 Å². The van der Waals surface area contributed by atoms with Crippen molar-refractivity contribution in [3.8, 4) is 11.5 Å². The molecule has 4 aromatic rings. The summed E-state index contributed by atoms with van der Waals surface area (Å²) in [5, 5.41) is 7.74. The topological polar surface area (TPSA) is 100 Å². The number of amides is 1. The van der Waals surface area contributed by atoms with Gasteiger partial charge in [0, 0.05) is 10.9 Å². The third kappa shape index (κ3) is 1.76. The van der Waals surface area contributed by atoms with E-state index in [0.29, 0.717) is 28.0 Å². The highest BCUT2D eigenvalue weighted by Gasteiger charge is 2.15. The molecule has 2 heterocycles.